The Hall–Kier alpha value is -0.530. The van der Waals surface area contributed by atoms with Crippen LogP contribution in [0.1, 0.15) is 60.3 Å². The van der Waals surface area contributed by atoms with Gasteiger partial charge in [-0.2, -0.15) is 0 Å². The Morgan fingerprint density at radius 2 is 1.38 bits per heavy atom. The topological polar surface area (TPSA) is 20.3 Å². The molecule has 2 aliphatic rings. The SMILES string of the molecule is CC.CC.CC1CCN(C(=O)C2CC2)CC1. The molecule has 1 amide bonds. The van der Waals surface area contributed by atoms with Crippen LogP contribution in [0.15, 0.2) is 0 Å². The molecule has 1 saturated heterocycles. The zero-order valence-corrected chi connectivity index (χ0v) is 11.8. The van der Waals surface area contributed by atoms with Gasteiger partial charge in [-0.25, -0.2) is 0 Å². The minimum absolute atomic E-state index is 0.415. The number of rotatable bonds is 1. The van der Waals surface area contributed by atoms with Crippen LogP contribution in [0, 0.1) is 11.8 Å². The van der Waals surface area contributed by atoms with E-state index in [1.807, 2.05) is 27.7 Å². The summed E-state index contributed by atoms with van der Waals surface area (Å²) in [6, 6.07) is 0. The van der Waals surface area contributed by atoms with Crippen molar-refractivity contribution in [3.05, 3.63) is 0 Å². The van der Waals surface area contributed by atoms with Gasteiger partial charge in [0.15, 0.2) is 0 Å². The van der Waals surface area contributed by atoms with Crippen molar-refractivity contribution in [1.29, 1.82) is 0 Å². The first-order valence-corrected chi connectivity index (χ1v) is 7.06. The molecule has 0 atom stereocenters. The fourth-order valence-electron chi connectivity index (χ4n) is 1.82. The van der Waals surface area contributed by atoms with Crippen LogP contribution >= 0.6 is 0 Å². The minimum Gasteiger partial charge on any atom is -0.342 e. The van der Waals surface area contributed by atoms with Crippen LogP contribution in [0.3, 0.4) is 0 Å². The zero-order valence-electron chi connectivity index (χ0n) is 11.8. The molecule has 1 heterocycles. The van der Waals surface area contributed by atoms with Gasteiger partial charge in [0.1, 0.15) is 0 Å². The number of likely N-dealkylation sites (tertiary alicyclic amines) is 1. The van der Waals surface area contributed by atoms with Crippen molar-refractivity contribution in [3.8, 4) is 0 Å². The molecule has 1 aliphatic heterocycles. The monoisotopic (exact) mass is 227 g/mol. The maximum Gasteiger partial charge on any atom is 0.225 e. The Balaban J connectivity index is 0.000000509. The average molecular weight is 227 g/mol. The lowest BCUT2D eigenvalue weighted by Crippen LogP contribution is -2.38. The third-order valence-electron chi connectivity index (χ3n) is 3.02. The molecule has 0 spiro atoms. The summed E-state index contributed by atoms with van der Waals surface area (Å²) >= 11 is 0. The highest BCUT2D eigenvalue weighted by molar-refractivity contribution is 5.81. The molecule has 96 valence electrons. The summed E-state index contributed by atoms with van der Waals surface area (Å²) in [7, 11) is 0. The van der Waals surface area contributed by atoms with Gasteiger partial charge in [0, 0.05) is 19.0 Å². The molecule has 2 fully saturated rings. The standard InChI is InChI=1S/C10H17NO.2C2H6/c1-8-4-6-11(7-5-8)10(12)9-2-3-9;2*1-2/h8-9H,2-7H2,1H3;2*1-2H3. The molecule has 0 radical (unpaired) electrons. The Labute approximate surface area is 101 Å². The van der Waals surface area contributed by atoms with E-state index in [1.165, 1.54) is 12.8 Å². The summed E-state index contributed by atoms with van der Waals surface area (Å²) in [5, 5.41) is 0. The Kier molecular flexibility index (Phi) is 8.32. The van der Waals surface area contributed by atoms with Crippen molar-refractivity contribution in [2.75, 3.05) is 13.1 Å². The maximum absolute atomic E-state index is 11.6. The predicted molar refractivity (Wildman–Crippen MR) is 70.4 cm³/mol. The molecule has 0 unspecified atom stereocenters. The molecule has 0 N–H and O–H groups in total. The molecule has 16 heavy (non-hydrogen) atoms. The van der Waals surface area contributed by atoms with Crippen LogP contribution in [-0.2, 0) is 4.79 Å². The van der Waals surface area contributed by atoms with Gasteiger partial charge >= 0.3 is 0 Å². The summed E-state index contributed by atoms with van der Waals surface area (Å²) in [5.41, 5.74) is 0. The number of nitrogens with zero attached hydrogens (tertiary/aromatic N) is 1. The lowest BCUT2D eigenvalue weighted by atomic mass is 9.99. The van der Waals surface area contributed by atoms with Crippen molar-refractivity contribution in [2.24, 2.45) is 11.8 Å². The summed E-state index contributed by atoms with van der Waals surface area (Å²) < 4.78 is 0. The number of carbonyl (C=O) groups is 1. The maximum atomic E-state index is 11.6. The van der Waals surface area contributed by atoms with E-state index in [0.29, 0.717) is 11.8 Å². The minimum atomic E-state index is 0.415. The number of hydrogen-bond acceptors (Lipinski definition) is 1. The van der Waals surface area contributed by atoms with E-state index < -0.39 is 0 Å². The summed E-state index contributed by atoms with van der Waals surface area (Å²) in [6.07, 6.45) is 4.70. The third-order valence-corrected chi connectivity index (χ3v) is 3.02. The van der Waals surface area contributed by atoms with Gasteiger partial charge in [0.25, 0.3) is 0 Å². The van der Waals surface area contributed by atoms with Gasteiger partial charge in [0.05, 0.1) is 0 Å². The Morgan fingerprint density at radius 1 is 0.938 bits per heavy atom. The van der Waals surface area contributed by atoms with Crippen LogP contribution in [0.25, 0.3) is 0 Å². The Morgan fingerprint density at radius 3 is 1.75 bits per heavy atom. The molecule has 0 bridgehead atoms. The molecule has 0 aromatic heterocycles. The summed E-state index contributed by atoms with van der Waals surface area (Å²) in [4.78, 5) is 13.7. The largest absolute Gasteiger partial charge is 0.342 e. The lowest BCUT2D eigenvalue weighted by molar-refractivity contribution is -0.133. The molecular weight excluding hydrogens is 198 g/mol. The zero-order chi connectivity index (χ0) is 12.6. The van der Waals surface area contributed by atoms with Crippen molar-refractivity contribution in [1.82, 2.24) is 4.90 Å². The first kappa shape index (κ1) is 15.5. The van der Waals surface area contributed by atoms with Crippen LogP contribution < -0.4 is 0 Å². The van der Waals surface area contributed by atoms with Gasteiger partial charge in [0.2, 0.25) is 5.91 Å². The van der Waals surface area contributed by atoms with Crippen LogP contribution in [0.2, 0.25) is 0 Å². The fraction of sp³-hybridized carbons (Fsp3) is 0.929. The smallest absolute Gasteiger partial charge is 0.225 e. The molecule has 2 rings (SSSR count). The van der Waals surface area contributed by atoms with Gasteiger partial charge < -0.3 is 4.90 Å². The van der Waals surface area contributed by atoms with Crippen LogP contribution in [0.4, 0.5) is 0 Å². The lowest BCUT2D eigenvalue weighted by Gasteiger charge is -2.30. The van der Waals surface area contributed by atoms with Gasteiger partial charge in [-0.1, -0.05) is 34.6 Å². The second kappa shape index (κ2) is 8.60. The molecule has 2 nitrogen and oxygen atoms in total. The molecule has 0 aromatic rings. The average Bonchev–Trinajstić information content (AvgIpc) is 3.18. The van der Waals surface area contributed by atoms with E-state index in [-0.39, 0.29) is 0 Å². The van der Waals surface area contributed by atoms with Crippen molar-refractivity contribution < 1.29 is 4.79 Å². The molecule has 0 aromatic carbocycles. The number of hydrogen-bond donors (Lipinski definition) is 0. The second-order valence-corrected chi connectivity index (χ2v) is 4.28. The Bertz CT molecular complexity index is 179. The number of amides is 1. The molecule has 1 aliphatic carbocycles. The summed E-state index contributed by atoms with van der Waals surface area (Å²) in [6.45, 7) is 12.3. The normalized spacial score (nSPS) is 20.2. The van der Waals surface area contributed by atoms with E-state index >= 15 is 0 Å². The predicted octanol–water partition coefficient (Wildman–Crippen LogP) is 3.71. The number of piperidine rings is 1. The number of carbonyl (C=O) groups excluding carboxylic acids is 1. The highest BCUT2D eigenvalue weighted by Crippen LogP contribution is 2.32. The van der Waals surface area contributed by atoms with Crippen LogP contribution in [0.5, 0.6) is 0 Å². The first-order chi connectivity index (χ1) is 7.77. The molecule has 1 saturated carbocycles. The molecular formula is C14H29NO. The van der Waals surface area contributed by atoms with E-state index in [2.05, 4.69) is 11.8 Å². The highest BCUT2D eigenvalue weighted by atomic mass is 16.2. The third kappa shape index (κ3) is 5.00. The van der Waals surface area contributed by atoms with Crippen molar-refractivity contribution in [2.45, 2.75) is 60.3 Å². The van der Waals surface area contributed by atoms with Gasteiger partial charge in [-0.15, -0.1) is 0 Å². The van der Waals surface area contributed by atoms with E-state index in [4.69, 9.17) is 0 Å². The quantitative estimate of drug-likeness (QED) is 0.669. The van der Waals surface area contributed by atoms with Crippen molar-refractivity contribution >= 4 is 5.91 Å². The first-order valence-electron chi connectivity index (χ1n) is 7.06. The van der Waals surface area contributed by atoms with E-state index in [9.17, 15) is 4.79 Å². The summed E-state index contributed by atoms with van der Waals surface area (Å²) in [5.74, 6) is 1.67. The van der Waals surface area contributed by atoms with Crippen LogP contribution in [-0.4, -0.2) is 23.9 Å². The fourth-order valence-corrected chi connectivity index (χ4v) is 1.82. The van der Waals surface area contributed by atoms with E-state index in [1.54, 1.807) is 0 Å². The van der Waals surface area contributed by atoms with Gasteiger partial charge in [-0.05, 0) is 31.6 Å². The van der Waals surface area contributed by atoms with E-state index in [0.717, 1.165) is 31.8 Å². The highest BCUT2D eigenvalue weighted by Gasteiger charge is 2.34. The van der Waals surface area contributed by atoms with Crippen molar-refractivity contribution in [3.63, 3.8) is 0 Å². The molecule has 2 heteroatoms. The van der Waals surface area contributed by atoms with Gasteiger partial charge in [-0.3, -0.25) is 4.79 Å². The second-order valence-electron chi connectivity index (χ2n) is 4.28.